The summed E-state index contributed by atoms with van der Waals surface area (Å²) < 4.78 is 0. The number of aromatic nitrogens is 3. The van der Waals surface area contributed by atoms with Gasteiger partial charge in [0.2, 0.25) is 0 Å². The highest BCUT2D eigenvalue weighted by Gasteiger charge is 2.13. The zero-order chi connectivity index (χ0) is 13.1. The molecule has 0 fully saturated rings. The van der Waals surface area contributed by atoms with Crippen molar-refractivity contribution in [3.05, 3.63) is 39.9 Å². The van der Waals surface area contributed by atoms with Crippen LogP contribution >= 0.6 is 23.2 Å². The maximum atomic E-state index is 6.16. The summed E-state index contributed by atoms with van der Waals surface area (Å²) in [5, 5.41) is 0.852. The Morgan fingerprint density at radius 2 is 1.83 bits per heavy atom. The molecule has 0 aliphatic heterocycles. The number of hydrogen-bond donors (Lipinski definition) is 0. The van der Waals surface area contributed by atoms with Crippen LogP contribution in [0.25, 0.3) is 11.4 Å². The Labute approximate surface area is 116 Å². The smallest absolute Gasteiger partial charge is 0.164 e. The van der Waals surface area contributed by atoms with Gasteiger partial charge in [0.05, 0.1) is 0 Å². The van der Waals surface area contributed by atoms with Gasteiger partial charge in [0.1, 0.15) is 10.3 Å². The van der Waals surface area contributed by atoms with E-state index in [0.717, 1.165) is 29.5 Å². The molecule has 94 valence electrons. The lowest BCUT2D eigenvalue weighted by Gasteiger charge is -2.08. The molecule has 0 unspecified atom stereocenters. The third kappa shape index (κ3) is 2.62. The number of rotatable bonds is 3. The van der Waals surface area contributed by atoms with E-state index in [4.69, 9.17) is 23.2 Å². The van der Waals surface area contributed by atoms with Gasteiger partial charge in [0.25, 0.3) is 0 Å². The second-order valence-electron chi connectivity index (χ2n) is 4.05. The lowest BCUT2D eigenvalue weighted by molar-refractivity contribution is 0.902. The van der Waals surface area contributed by atoms with E-state index in [1.165, 1.54) is 0 Å². The largest absolute Gasteiger partial charge is 0.264 e. The Bertz CT molecular complexity index is 547. The van der Waals surface area contributed by atoms with Crippen LogP contribution in [0, 0.1) is 6.92 Å². The Morgan fingerprint density at radius 1 is 1.17 bits per heavy atom. The van der Waals surface area contributed by atoms with E-state index in [1.54, 1.807) is 12.4 Å². The summed E-state index contributed by atoms with van der Waals surface area (Å²) in [6.07, 6.45) is 5.18. The van der Waals surface area contributed by atoms with Crippen molar-refractivity contribution >= 4 is 23.2 Å². The van der Waals surface area contributed by atoms with Gasteiger partial charge in [-0.3, -0.25) is 4.98 Å². The van der Waals surface area contributed by atoms with Crippen LogP contribution in [0.1, 0.15) is 24.5 Å². The maximum Gasteiger partial charge on any atom is 0.164 e. The van der Waals surface area contributed by atoms with Crippen LogP contribution in [0.4, 0.5) is 0 Å². The number of hydrogen-bond acceptors (Lipinski definition) is 3. The molecule has 2 heterocycles. The van der Waals surface area contributed by atoms with Crippen molar-refractivity contribution in [1.82, 2.24) is 15.0 Å². The van der Waals surface area contributed by atoms with Crippen LogP contribution < -0.4 is 0 Å². The second-order valence-corrected chi connectivity index (χ2v) is 4.76. The molecule has 0 bridgehead atoms. The summed E-state index contributed by atoms with van der Waals surface area (Å²) >= 11 is 12.3. The minimum Gasteiger partial charge on any atom is -0.264 e. The molecule has 0 aromatic carbocycles. The molecule has 0 radical (unpaired) electrons. The summed E-state index contributed by atoms with van der Waals surface area (Å²) in [4.78, 5) is 12.7. The number of nitrogens with zero attached hydrogens (tertiary/aromatic N) is 3. The van der Waals surface area contributed by atoms with E-state index in [0.29, 0.717) is 16.1 Å². The van der Waals surface area contributed by atoms with E-state index in [2.05, 4.69) is 21.9 Å². The summed E-state index contributed by atoms with van der Waals surface area (Å²) in [6.45, 7) is 4.04. The van der Waals surface area contributed by atoms with E-state index >= 15 is 0 Å². The summed E-state index contributed by atoms with van der Waals surface area (Å²) in [5.74, 6) is 0.524. The Balaban J connectivity index is 2.52. The SMILES string of the molecule is CCCc1c(Cl)nc(-c2cnccc2C)nc1Cl. The third-order valence-electron chi connectivity index (χ3n) is 2.69. The molecule has 2 rings (SSSR count). The van der Waals surface area contributed by atoms with Gasteiger partial charge in [-0.2, -0.15) is 0 Å². The fraction of sp³-hybridized carbons (Fsp3) is 0.308. The zero-order valence-electron chi connectivity index (χ0n) is 10.2. The van der Waals surface area contributed by atoms with Crippen molar-refractivity contribution in [2.75, 3.05) is 0 Å². The molecule has 0 saturated carbocycles. The van der Waals surface area contributed by atoms with Crippen molar-refractivity contribution in [3.63, 3.8) is 0 Å². The number of halogens is 2. The van der Waals surface area contributed by atoms with Gasteiger partial charge >= 0.3 is 0 Å². The third-order valence-corrected chi connectivity index (χ3v) is 3.31. The van der Waals surface area contributed by atoms with E-state index in [1.807, 2.05) is 13.0 Å². The van der Waals surface area contributed by atoms with Crippen LogP contribution in [-0.2, 0) is 6.42 Å². The number of pyridine rings is 1. The van der Waals surface area contributed by atoms with Crippen molar-refractivity contribution in [2.24, 2.45) is 0 Å². The van der Waals surface area contributed by atoms with Crippen molar-refractivity contribution < 1.29 is 0 Å². The maximum absolute atomic E-state index is 6.16. The molecule has 0 saturated heterocycles. The molecular formula is C13H13Cl2N3. The van der Waals surface area contributed by atoms with Crippen molar-refractivity contribution in [2.45, 2.75) is 26.7 Å². The highest BCUT2D eigenvalue weighted by atomic mass is 35.5. The first-order valence-corrected chi connectivity index (χ1v) is 6.52. The van der Waals surface area contributed by atoms with Gasteiger partial charge in [-0.15, -0.1) is 0 Å². The lowest BCUT2D eigenvalue weighted by atomic mass is 10.1. The van der Waals surface area contributed by atoms with Crippen LogP contribution in [0.2, 0.25) is 10.3 Å². The highest BCUT2D eigenvalue weighted by molar-refractivity contribution is 6.34. The normalized spacial score (nSPS) is 10.7. The summed E-state index contributed by atoms with van der Waals surface area (Å²) in [6, 6.07) is 1.90. The van der Waals surface area contributed by atoms with Crippen molar-refractivity contribution in [1.29, 1.82) is 0 Å². The summed E-state index contributed by atoms with van der Waals surface area (Å²) in [7, 11) is 0. The molecular weight excluding hydrogens is 269 g/mol. The van der Waals surface area contributed by atoms with Gasteiger partial charge in [0, 0.05) is 23.5 Å². The molecule has 2 aromatic rings. The van der Waals surface area contributed by atoms with Gasteiger partial charge in [0.15, 0.2) is 5.82 Å². The second kappa shape index (κ2) is 5.63. The van der Waals surface area contributed by atoms with Crippen molar-refractivity contribution in [3.8, 4) is 11.4 Å². The fourth-order valence-electron chi connectivity index (χ4n) is 1.71. The van der Waals surface area contributed by atoms with Gasteiger partial charge < -0.3 is 0 Å². The van der Waals surface area contributed by atoms with Crippen LogP contribution in [0.3, 0.4) is 0 Å². The lowest BCUT2D eigenvalue weighted by Crippen LogP contribution is -1.99. The Hall–Kier alpha value is -1.19. The molecule has 2 aromatic heterocycles. The van der Waals surface area contributed by atoms with Crippen LogP contribution in [-0.4, -0.2) is 15.0 Å². The predicted octanol–water partition coefficient (Wildman–Crippen LogP) is 4.11. The zero-order valence-corrected chi connectivity index (χ0v) is 11.8. The fourth-order valence-corrected chi connectivity index (χ4v) is 2.28. The van der Waals surface area contributed by atoms with Gasteiger partial charge in [-0.25, -0.2) is 9.97 Å². The average Bonchev–Trinajstić information content (AvgIpc) is 2.34. The average molecular weight is 282 g/mol. The highest BCUT2D eigenvalue weighted by Crippen LogP contribution is 2.27. The minimum absolute atomic E-state index is 0.426. The standard InChI is InChI=1S/C13H13Cl2N3/c1-3-4-9-11(14)17-13(18-12(9)15)10-7-16-6-5-8(10)2/h5-7H,3-4H2,1-2H3. The van der Waals surface area contributed by atoms with Crippen LogP contribution in [0.5, 0.6) is 0 Å². The molecule has 5 heteroatoms. The van der Waals surface area contributed by atoms with E-state index in [9.17, 15) is 0 Å². The van der Waals surface area contributed by atoms with Gasteiger partial charge in [-0.1, -0.05) is 36.5 Å². The first-order chi connectivity index (χ1) is 8.63. The van der Waals surface area contributed by atoms with E-state index in [-0.39, 0.29) is 0 Å². The first kappa shape index (κ1) is 13.2. The molecule has 0 amide bonds. The predicted molar refractivity (Wildman–Crippen MR) is 74.0 cm³/mol. The molecule has 0 spiro atoms. The quantitative estimate of drug-likeness (QED) is 0.795. The first-order valence-electron chi connectivity index (χ1n) is 5.76. The number of aryl methyl sites for hydroxylation is 1. The Kier molecular flexibility index (Phi) is 4.15. The molecule has 0 aliphatic carbocycles. The van der Waals surface area contributed by atoms with E-state index < -0.39 is 0 Å². The molecule has 18 heavy (non-hydrogen) atoms. The Morgan fingerprint density at radius 3 is 2.39 bits per heavy atom. The van der Waals surface area contributed by atoms with Crippen LogP contribution in [0.15, 0.2) is 18.5 Å². The minimum atomic E-state index is 0.426. The summed E-state index contributed by atoms with van der Waals surface area (Å²) in [5.41, 5.74) is 2.70. The molecule has 0 aliphatic rings. The van der Waals surface area contributed by atoms with Gasteiger partial charge in [-0.05, 0) is 25.0 Å². The molecule has 3 nitrogen and oxygen atoms in total. The molecule has 0 N–H and O–H groups in total. The monoisotopic (exact) mass is 281 g/mol. The topological polar surface area (TPSA) is 38.7 Å². The molecule has 0 atom stereocenters.